The Hall–Kier alpha value is -3.08. The highest BCUT2D eigenvalue weighted by Gasteiger charge is 2.21. The van der Waals surface area contributed by atoms with Crippen LogP contribution in [0, 0.1) is 0 Å². The van der Waals surface area contributed by atoms with Crippen LogP contribution in [-0.2, 0) is 0 Å². The van der Waals surface area contributed by atoms with Crippen LogP contribution in [0.5, 0.6) is 0 Å². The molecule has 1 aliphatic heterocycles. The molecule has 0 atom stereocenters. The van der Waals surface area contributed by atoms with E-state index >= 15 is 0 Å². The summed E-state index contributed by atoms with van der Waals surface area (Å²) in [7, 11) is 1.80. The lowest BCUT2D eigenvalue weighted by Crippen LogP contribution is -2.05. The summed E-state index contributed by atoms with van der Waals surface area (Å²) in [6.07, 6.45) is 1.80. The molecule has 0 aliphatic carbocycles. The summed E-state index contributed by atoms with van der Waals surface area (Å²) in [4.78, 5) is 22.9. The van der Waals surface area contributed by atoms with Crippen LogP contribution >= 0.6 is 0 Å². The van der Waals surface area contributed by atoms with E-state index < -0.39 is 11.9 Å². The van der Waals surface area contributed by atoms with E-state index in [0.29, 0.717) is 22.2 Å². The molecule has 3 rings (SSSR count). The summed E-state index contributed by atoms with van der Waals surface area (Å²) in [5, 5.41) is 18.7. The third kappa shape index (κ3) is 2.69. The van der Waals surface area contributed by atoms with E-state index in [2.05, 4.69) is 0 Å². The zero-order valence-electron chi connectivity index (χ0n) is 12.1. The van der Waals surface area contributed by atoms with E-state index in [1.165, 1.54) is 12.1 Å². The second kappa shape index (κ2) is 5.97. The first kappa shape index (κ1) is 14.8. The number of carbonyl (C=O) groups is 2. The Labute approximate surface area is 133 Å². The zero-order valence-corrected chi connectivity index (χ0v) is 12.1. The molecule has 2 aromatic carbocycles. The third-order valence-electron chi connectivity index (χ3n) is 3.71. The lowest BCUT2D eigenvalue weighted by atomic mass is 9.67. The molecule has 0 fully saturated rings. The van der Waals surface area contributed by atoms with Gasteiger partial charge in [-0.25, -0.2) is 9.59 Å². The van der Waals surface area contributed by atoms with Gasteiger partial charge in [0.25, 0.3) is 0 Å². The molecule has 0 bridgehead atoms. The highest BCUT2D eigenvalue weighted by atomic mass is 16.4. The van der Waals surface area contributed by atoms with Gasteiger partial charge in [0.05, 0.1) is 11.1 Å². The third-order valence-corrected chi connectivity index (χ3v) is 3.71. The monoisotopic (exact) mass is 303 g/mol. The molecule has 2 aromatic rings. The average Bonchev–Trinajstić information content (AvgIpc) is 3.04. The van der Waals surface area contributed by atoms with E-state index in [1.807, 2.05) is 0 Å². The van der Waals surface area contributed by atoms with Gasteiger partial charge in [0.15, 0.2) is 7.28 Å². The van der Waals surface area contributed by atoms with E-state index in [0.717, 1.165) is 0 Å². The average molecular weight is 303 g/mol. The summed E-state index contributed by atoms with van der Waals surface area (Å²) in [6.45, 7) is 0. The summed E-state index contributed by atoms with van der Waals surface area (Å²) in [6, 6.07) is 13.4. The largest absolute Gasteiger partial charge is 0.478 e. The van der Waals surface area contributed by atoms with Crippen LogP contribution in [0.3, 0.4) is 0 Å². The zero-order chi connectivity index (χ0) is 16.4. The van der Waals surface area contributed by atoms with Crippen molar-refractivity contribution in [2.24, 2.45) is 0 Å². The molecule has 0 amide bonds. The van der Waals surface area contributed by atoms with E-state index in [4.69, 9.17) is 0 Å². The van der Waals surface area contributed by atoms with Crippen LogP contribution in [-0.4, -0.2) is 29.4 Å². The Kier molecular flexibility index (Phi) is 3.85. The smallest absolute Gasteiger partial charge is 0.336 e. The topological polar surface area (TPSA) is 74.6 Å². The fourth-order valence-corrected chi connectivity index (χ4v) is 2.70. The summed E-state index contributed by atoms with van der Waals surface area (Å²) >= 11 is 0. The number of aromatic carboxylic acids is 2. The highest BCUT2D eigenvalue weighted by Crippen LogP contribution is 2.34. The van der Waals surface area contributed by atoms with Crippen LogP contribution < -0.4 is 0 Å². The predicted octanol–water partition coefficient (Wildman–Crippen LogP) is 3.18. The maximum atomic E-state index is 11.4. The SMILES string of the molecule is O=C(O)c1ccccc1C1=C(c2ccccc2C(=O)O)C=C[B]1. The molecular formula is C18H12BO4. The van der Waals surface area contributed by atoms with Crippen molar-refractivity contribution in [3.8, 4) is 0 Å². The van der Waals surface area contributed by atoms with Gasteiger partial charge < -0.3 is 10.2 Å². The number of hydrogen-bond acceptors (Lipinski definition) is 2. The second-order valence-corrected chi connectivity index (χ2v) is 5.05. The molecule has 0 spiro atoms. The van der Waals surface area contributed by atoms with Gasteiger partial charge in [-0.15, -0.1) is 5.98 Å². The minimum absolute atomic E-state index is 0.188. The minimum atomic E-state index is -1.01. The molecule has 0 saturated carbocycles. The lowest BCUT2D eigenvalue weighted by molar-refractivity contribution is 0.0685. The quantitative estimate of drug-likeness (QED) is 0.851. The van der Waals surface area contributed by atoms with E-state index in [1.54, 1.807) is 55.7 Å². The van der Waals surface area contributed by atoms with Crippen LogP contribution in [0.1, 0.15) is 31.8 Å². The Bertz CT molecular complexity index is 865. The van der Waals surface area contributed by atoms with Gasteiger partial charge in [0.2, 0.25) is 0 Å². The Balaban J connectivity index is 2.23. The number of rotatable bonds is 4. The number of carboxylic acids is 2. The highest BCUT2D eigenvalue weighted by molar-refractivity contribution is 6.70. The van der Waals surface area contributed by atoms with Gasteiger partial charge in [-0.1, -0.05) is 47.9 Å². The van der Waals surface area contributed by atoms with Crippen LogP contribution in [0.2, 0.25) is 0 Å². The van der Waals surface area contributed by atoms with Crippen molar-refractivity contribution in [3.05, 3.63) is 82.8 Å². The maximum absolute atomic E-state index is 11.4. The van der Waals surface area contributed by atoms with Crippen molar-refractivity contribution in [2.75, 3.05) is 0 Å². The van der Waals surface area contributed by atoms with Crippen molar-refractivity contribution >= 4 is 30.3 Å². The maximum Gasteiger partial charge on any atom is 0.336 e. The number of hydrogen-bond donors (Lipinski definition) is 2. The number of allylic oxidation sites excluding steroid dienone is 2. The van der Waals surface area contributed by atoms with Crippen molar-refractivity contribution in [1.29, 1.82) is 0 Å². The van der Waals surface area contributed by atoms with Crippen LogP contribution in [0.4, 0.5) is 0 Å². The van der Waals surface area contributed by atoms with Crippen molar-refractivity contribution in [3.63, 3.8) is 0 Å². The van der Waals surface area contributed by atoms with Crippen molar-refractivity contribution < 1.29 is 19.8 Å². The van der Waals surface area contributed by atoms with Gasteiger partial charge in [-0.2, -0.15) is 0 Å². The molecule has 0 aromatic heterocycles. The Morgan fingerprint density at radius 3 is 1.91 bits per heavy atom. The van der Waals surface area contributed by atoms with Gasteiger partial charge in [-0.05, 0) is 28.8 Å². The Morgan fingerprint density at radius 1 is 0.783 bits per heavy atom. The molecule has 1 aliphatic rings. The van der Waals surface area contributed by atoms with E-state index in [9.17, 15) is 19.8 Å². The molecule has 111 valence electrons. The van der Waals surface area contributed by atoms with Crippen molar-refractivity contribution in [1.82, 2.24) is 0 Å². The second-order valence-electron chi connectivity index (χ2n) is 5.05. The molecule has 1 radical (unpaired) electrons. The number of benzene rings is 2. The summed E-state index contributed by atoms with van der Waals surface area (Å²) in [5.41, 5.74) is 2.93. The lowest BCUT2D eigenvalue weighted by Gasteiger charge is -2.13. The van der Waals surface area contributed by atoms with Crippen molar-refractivity contribution in [2.45, 2.75) is 0 Å². The van der Waals surface area contributed by atoms with Gasteiger partial charge in [0, 0.05) is 0 Å². The summed E-state index contributed by atoms with van der Waals surface area (Å²) in [5.74, 6) is -0.236. The first-order valence-corrected chi connectivity index (χ1v) is 7.00. The molecule has 0 unspecified atom stereocenters. The van der Waals surface area contributed by atoms with Gasteiger partial charge >= 0.3 is 11.9 Å². The molecule has 23 heavy (non-hydrogen) atoms. The van der Waals surface area contributed by atoms with E-state index in [-0.39, 0.29) is 11.1 Å². The first-order chi connectivity index (χ1) is 11.1. The molecule has 1 heterocycles. The minimum Gasteiger partial charge on any atom is -0.478 e. The molecule has 4 nitrogen and oxygen atoms in total. The fraction of sp³-hybridized carbons (Fsp3) is 0. The standard InChI is InChI=1S/C18H12BO4/c20-17(21)14-7-3-1-5-11(14)13-9-10-19-16(13)12-6-2-4-8-15(12)18(22)23/h1-10H,(H,20,21)(H,22,23). The molecule has 2 N–H and O–H groups in total. The molecular weight excluding hydrogens is 291 g/mol. The normalized spacial score (nSPS) is 13.0. The summed E-state index contributed by atoms with van der Waals surface area (Å²) < 4.78 is 0. The first-order valence-electron chi connectivity index (χ1n) is 7.00. The van der Waals surface area contributed by atoms with Gasteiger partial charge in [-0.3, -0.25) is 0 Å². The van der Waals surface area contributed by atoms with Crippen LogP contribution in [0.25, 0.3) is 11.0 Å². The van der Waals surface area contributed by atoms with Crippen LogP contribution in [0.15, 0.2) is 60.6 Å². The Morgan fingerprint density at radius 2 is 1.30 bits per heavy atom. The molecule has 5 heteroatoms. The molecule has 0 saturated heterocycles. The fourth-order valence-electron chi connectivity index (χ4n) is 2.70. The van der Waals surface area contributed by atoms with Gasteiger partial charge in [0.1, 0.15) is 0 Å². The predicted molar refractivity (Wildman–Crippen MR) is 88.5 cm³/mol. The number of carboxylic acid groups (broad SMARTS) is 2.